The van der Waals surface area contributed by atoms with E-state index < -0.39 is 0 Å². The summed E-state index contributed by atoms with van der Waals surface area (Å²) in [6.07, 6.45) is 0. The number of alkyl halides is 1. The molecule has 0 bridgehead atoms. The van der Waals surface area contributed by atoms with Crippen molar-refractivity contribution in [2.75, 3.05) is 6.54 Å². The average molecular weight is 200 g/mol. The van der Waals surface area contributed by atoms with Gasteiger partial charge in [-0.05, 0) is 6.54 Å². The Morgan fingerprint density at radius 1 is 1.42 bits per heavy atom. The van der Waals surface area contributed by atoms with Crippen LogP contribution in [0.1, 0.15) is 6.92 Å². The molecule has 1 N–H and O–H groups in total. The maximum absolute atomic E-state index is 6.07. The highest BCUT2D eigenvalue weighted by atomic mass is 35.5. The predicted molar refractivity (Wildman–Crippen MR) is 57.9 cm³/mol. The lowest BCUT2D eigenvalue weighted by molar-refractivity contribution is 0.792. The normalized spacial score (nSPS) is 13.8. The molecule has 0 saturated carbocycles. The second kappa shape index (κ2) is 5.35. The van der Waals surface area contributed by atoms with Crippen molar-refractivity contribution in [2.24, 2.45) is 0 Å². The Kier molecular flexibility index (Phi) is 4.36. The van der Waals surface area contributed by atoms with Crippen molar-refractivity contribution in [1.82, 2.24) is 5.32 Å². The highest BCUT2D eigenvalue weighted by molar-refractivity contribution is 6.64. The van der Waals surface area contributed by atoms with Crippen LogP contribution in [-0.4, -0.2) is 21.2 Å². The quantitative estimate of drug-likeness (QED) is 0.426. The van der Waals surface area contributed by atoms with Gasteiger partial charge in [0.2, 0.25) is 0 Å². The summed E-state index contributed by atoms with van der Waals surface area (Å²) in [7, 11) is -0.344. The summed E-state index contributed by atoms with van der Waals surface area (Å²) < 4.78 is 0. The molecule has 0 aliphatic heterocycles. The van der Waals surface area contributed by atoms with Crippen LogP contribution in [0.2, 0.25) is 0 Å². The summed E-state index contributed by atoms with van der Waals surface area (Å²) in [4.78, 5) is 0. The summed E-state index contributed by atoms with van der Waals surface area (Å²) in [5.74, 6) is 0. The van der Waals surface area contributed by atoms with E-state index in [1.165, 1.54) is 5.19 Å². The molecule has 3 heteroatoms. The first kappa shape index (κ1) is 9.77. The van der Waals surface area contributed by atoms with Gasteiger partial charge in [0.05, 0.1) is 14.6 Å². The van der Waals surface area contributed by atoms with Crippen LogP contribution in [0.3, 0.4) is 0 Å². The molecule has 1 atom stereocenters. The third-order valence-electron chi connectivity index (χ3n) is 1.68. The summed E-state index contributed by atoms with van der Waals surface area (Å²) in [6.45, 7) is 3.03. The van der Waals surface area contributed by atoms with Gasteiger partial charge in [-0.15, -0.1) is 11.6 Å². The second-order valence-corrected chi connectivity index (χ2v) is 5.80. The zero-order valence-electron chi connectivity index (χ0n) is 7.26. The lowest BCUT2D eigenvalue weighted by atomic mass is 10.4. The first-order chi connectivity index (χ1) is 5.83. The molecule has 1 unspecified atom stereocenters. The fourth-order valence-electron chi connectivity index (χ4n) is 1.11. The van der Waals surface area contributed by atoms with Crippen LogP contribution in [0, 0.1) is 0 Å². The third kappa shape index (κ3) is 3.39. The van der Waals surface area contributed by atoms with Crippen molar-refractivity contribution >= 4 is 26.3 Å². The molecule has 0 aliphatic rings. The van der Waals surface area contributed by atoms with Crippen LogP contribution < -0.4 is 10.5 Å². The molecule has 0 amide bonds. The predicted octanol–water partition coefficient (Wildman–Crippen LogP) is 0.613. The van der Waals surface area contributed by atoms with Gasteiger partial charge >= 0.3 is 0 Å². The Morgan fingerprint density at radius 2 is 2.08 bits per heavy atom. The Morgan fingerprint density at radius 3 is 2.67 bits per heavy atom. The van der Waals surface area contributed by atoms with Crippen molar-refractivity contribution < 1.29 is 0 Å². The molecule has 1 aromatic rings. The molecule has 0 heterocycles. The Labute approximate surface area is 81.0 Å². The molecule has 0 spiro atoms. The fourth-order valence-corrected chi connectivity index (χ4v) is 3.19. The molecule has 0 saturated heterocycles. The Balaban J connectivity index is 2.41. The molecule has 1 aromatic carbocycles. The standard InChI is InChI=1S/C9H14ClNSi/c1-2-11-9(10)12-8-6-4-3-5-7-8/h3-7,9,11H,2,12H2,1H3. The van der Waals surface area contributed by atoms with Crippen LogP contribution >= 0.6 is 11.6 Å². The van der Waals surface area contributed by atoms with Gasteiger partial charge in [0.1, 0.15) is 0 Å². The van der Waals surface area contributed by atoms with E-state index >= 15 is 0 Å². The van der Waals surface area contributed by atoms with Gasteiger partial charge < -0.3 is 5.32 Å². The molecule has 0 radical (unpaired) electrons. The maximum atomic E-state index is 6.07. The van der Waals surface area contributed by atoms with Crippen molar-refractivity contribution in [3.8, 4) is 0 Å². The molecule has 1 rings (SSSR count). The van der Waals surface area contributed by atoms with Crippen LogP contribution in [0.25, 0.3) is 0 Å². The zero-order chi connectivity index (χ0) is 8.81. The van der Waals surface area contributed by atoms with E-state index in [-0.39, 0.29) is 14.6 Å². The number of hydrogen-bond donors (Lipinski definition) is 1. The fraction of sp³-hybridized carbons (Fsp3) is 0.333. The van der Waals surface area contributed by atoms with Crippen molar-refractivity contribution in [3.63, 3.8) is 0 Å². The van der Waals surface area contributed by atoms with E-state index in [0.717, 1.165) is 6.54 Å². The number of halogens is 1. The molecule has 0 aliphatic carbocycles. The average Bonchev–Trinajstić information content (AvgIpc) is 2.06. The van der Waals surface area contributed by atoms with E-state index in [1.807, 2.05) is 6.07 Å². The minimum atomic E-state index is -0.344. The summed E-state index contributed by atoms with van der Waals surface area (Å²) >= 11 is 6.07. The van der Waals surface area contributed by atoms with E-state index in [4.69, 9.17) is 11.6 Å². The van der Waals surface area contributed by atoms with Gasteiger partial charge in [-0.3, -0.25) is 0 Å². The topological polar surface area (TPSA) is 12.0 Å². The van der Waals surface area contributed by atoms with Crippen LogP contribution in [-0.2, 0) is 0 Å². The number of rotatable bonds is 4. The number of hydrogen-bond acceptors (Lipinski definition) is 1. The summed E-state index contributed by atoms with van der Waals surface area (Å²) in [6, 6.07) is 10.5. The van der Waals surface area contributed by atoms with Crippen molar-refractivity contribution in [1.29, 1.82) is 0 Å². The maximum Gasteiger partial charge on any atom is 0.0928 e. The molecule has 0 fully saturated rings. The van der Waals surface area contributed by atoms with Gasteiger partial charge in [0.15, 0.2) is 0 Å². The first-order valence-corrected chi connectivity index (χ1v) is 6.20. The molecule has 1 nitrogen and oxygen atoms in total. The Bertz CT molecular complexity index is 215. The van der Waals surface area contributed by atoms with E-state index in [1.54, 1.807) is 0 Å². The lowest BCUT2D eigenvalue weighted by Crippen LogP contribution is -2.35. The summed E-state index contributed by atoms with van der Waals surface area (Å²) in [5.41, 5.74) is 0. The van der Waals surface area contributed by atoms with Crippen LogP contribution in [0.15, 0.2) is 30.3 Å². The minimum absolute atomic E-state index is 0.192. The Hall–Kier alpha value is -0.313. The molecular formula is C9H14ClNSi. The molecule has 0 aromatic heterocycles. The SMILES string of the molecule is CCNC(Cl)[SiH2]c1ccccc1. The van der Waals surface area contributed by atoms with E-state index in [2.05, 4.69) is 36.5 Å². The largest absolute Gasteiger partial charge is 0.305 e. The van der Waals surface area contributed by atoms with Crippen molar-refractivity contribution in [3.05, 3.63) is 30.3 Å². The number of nitrogens with one attached hydrogen (secondary N) is 1. The zero-order valence-corrected chi connectivity index (χ0v) is 9.43. The van der Waals surface area contributed by atoms with Gasteiger partial charge in [-0.2, -0.15) is 0 Å². The summed E-state index contributed by atoms with van der Waals surface area (Å²) in [5, 5.41) is 4.83. The van der Waals surface area contributed by atoms with Crippen molar-refractivity contribution in [2.45, 2.75) is 12.0 Å². The minimum Gasteiger partial charge on any atom is -0.305 e. The molecule has 12 heavy (non-hydrogen) atoms. The van der Waals surface area contributed by atoms with Gasteiger partial charge in [0, 0.05) is 0 Å². The van der Waals surface area contributed by atoms with E-state index in [9.17, 15) is 0 Å². The van der Waals surface area contributed by atoms with Gasteiger partial charge in [0.25, 0.3) is 0 Å². The van der Waals surface area contributed by atoms with Gasteiger partial charge in [-0.25, -0.2) is 0 Å². The lowest BCUT2D eigenvalue weighted by Gasteiger charge is -2.08. The molecule has 66 valence electrons. The van der Waals surface area contributed by atoms with Gasteiger partial charge in [-0.1, -0.05) is 42.4 Å². The highest BCUT2D eigenvalue weighted by Gasteiger charge is 2.03. The smallest absolute Gasteiger partial charge is 0.0928 e. The van der Waals surface area contributed by atoms with E-state index in [0.29, 0.717) is 0 Å². The third-order valence-corrected chi connectivity index (χ3v) is 3.89. The number of benzene rings is 1. The second-order valence-electron chi connectivity index (χ2n) is 2.71. The monoisotopic (exact) mass is 199 g/mol. The molecular weight excluding hydrogens is 186 g/mol. The first-order valence-electron chi connectivity index (χ1n) is 4.24. The van der Waals surface area contributed by atoms with Crippen LogP contribution in [0.5, 0.6) is 0 Å². The van der Waals surface area contributed by atoms with Crippen LogP contribution in [0.4, 0.5) is 0 Å². The highest BCUT2D eigenvalue weighted by Crippen LogP contribution is 1.89.